The molecule has 4 rings (SSSR count). The molecule has 0 aliphatic rings. The Morgan fingerprint density at radius 2 is 1.85 bits per heavy atom. The zero-order valence-corrected chi connectivity index (χ0v) is 23.6. The Hall–Kier alpha value is -3.69. The number of unbranched alkanes of at least 4 members (excludes halogenated alkanes) is 1. The summed E-state index contributed by atoms with van der Waals surface area (Å²) < 4.78 is 14.0. The number of carbonyl (C=O) groups excluding carboxylic acids is 2. The van der Waals surface area contributed by atoms with Crippen LogP contribution in [-0.2, 0) is 29.0 Å². The first-order chi connectivity index (χ1) is 18.6. The molecule has 0 aliphatic carbocycles. The monoisotopic (exact) mass is 552 g/mol. The first-order valence-electron chi connectivity index (χ1n) is 12.8. The van der Waals surface area contributed by atoms with Gasteiger partial charge in [0.1, 0.15) is 11.4 Å². The van der Waals surface area contributed by atoms with E-state index in [2.05, 4.69) is 11.9 Å². The minimum Gasteiger partial charge on any atom is -0.465 e. The van der Waals surface area contributed by atoms with E-state index in [1.807, 2.05) is 22.8 Å². The highest BCUT2D eigenvalue weighted by molar-refractivity contribution is 6.30. The van der Waals surface area contributed by atoms with Crippen molar-refractivity contribution in [2.24, 2.45) is 0 Å². The van der Waals surface area contributed by atoms with Crippen LogP contribution >= 0.6 is 11.6 Å². The lowest BCUT2D eigenvalue weighted by Gasteiger charge is -2.21. The quantitative estimate of drug-likeness (QED) is 0.267. The number of methoxy groups -OCH3 is 1. The Bertz CT molecular complexity index is 1520. The summed E-state index contributed by atoms with van der Waals surface area (Å²) in [5.41, 5.74) is 2.42. The lowest BCUT2D eigenvalue weighted by molar-refractivity contribution is 0.0542. The summed E-state index contributed by atoms with van der Waals surface area (Å²) in [6.07, 6.45) is 2.03. The van der Waals surface area contributed by atoms with Crippen molar-refractivity contribution in [2.45, 2.75) is 65.7 Å². The molecule has 0 atom stereocenters. The van der Waals surface area contributed by atoms with Crippen LogP contribution in [0.15, 0.2) is 42.5 Å². The van der Waals surface area contributed by atoms with E-state index < -0.39 is 17.7 Å². The number of ether oxygens (including phenoxy) is 2. The van der Waals surface area contributed by atoms with Crippen molar-refractivity contribution in [3.63, 3.8) is 0 Å². The fraction of sp³-hybridized carbons (Fsp3) is 0.379. The number of esters is 1. The molecule has 206 valence electrons. The van der Waals surface area contributed by atoms with Crippen molar-refractivity contribution in [3.05, 3.63) is 70.3 Å². The number of aryl methyl sites for hydroxylation is 1. The van der Waals surface area contributed by atoms with Crippen molar-refractivity contribution in [3.8, 4) is 11.4 Å². The van der Waals surface area contributed by atoms with Crippen LogP contribution < -0.4 is 0 Å². The van der Waals surface area contributed by atoms with Gasteiger partial charge in [-0.3, -0.25) is 0 Å². The van der Waals surface area contributed by atoms with Gasteiger partial charge < -0.3 is 19.1 Å². The molecule has 0 unspecified atom stereocenters. The van der Waals surface area contributed by atoms with Crippen molar-refractivity contribution < 1.29 is 24.2 Å². The van der Waals surface area contributed by atoms with Crippen LogP contribution in [0.25, 0.3) is 22.4 Å². The number of imidazole rings is 2. The highest BCUT2D eigenvalue weighted by Crippen LogP contribution is 2.30. The zero-order valence-electron chi connectivity index (χ0n) is 22.8. The highest BCUT2D eigenvalue weighted by Gasteiger charge is 2.27. The van der Waals surface area contributed by atoms with Crippen molar-refractivity contribution in [2.75, 3.05) is 7.11 Å². The van der Waals surface area contributed by atoms with E-state index in [0.29, 0.717) is 28.8 Å². The van der Waals surface area contributed by atoms with Crippen LogP contribution in [0.5, 0.6) is 0 Å². The van der Waals surface area contributed by atoms with E-state index in [1.165, 1.54) is 11.7 Å². The topological polar surface area (TPSA) is 108 Å². The van der Waals surface area contributed by atoms with Gasteiger partial charge in [-0.05, 0) is 51.0 Å². The maximum absolute atomic E-state index is 13.5. The number of aliphatic hydroxyl groups is 1. The summed E-state index contributed by atoms with van der Waals surface area (Å²) in [5, 5.41) is 10.3. The van der Waals surface area contributed by atoms with Gasteiger partial charge in [0.2, 0.25) is 0 Å². The lowest BCUT2D eigenvalue weighted by Crippen LogP contribution is -2.27. The second-order valence-corrected chi connectivity index (χ2v) is 10.6. The van der Waals surface area contributed by atoms with Gasteiger partial charge in [-0.1, -0.05) is 49.2 Å². The summed E-state index contributed by atoms with van der Waals surface area (Å²) in [5.74, 6) is 0.518. The second kappa shape index (κ2) is 11.6. The minimum atomic E-state index is -0.762. The predicted molar refractivity (Wildman–Crippen MR) is 149 cm³/mol. The van der Waals surface area contributed by atoms with Crippen LogP contribution in [0.1, 0.15) is 68.0 Å². The normalized spacial score (nSPS) is 11.7. The van der Waals surface area contributed by atoms with Crippen LogP contribution in [0.4, 0.5) is 4.79 Å². The maximum Gasteiger partial charge on any atom is 0.420 e. The molecular weight excluding hydrogens is 520 g/mol. The number of nitrogens with zero attached hydrogens (tertiary/aromatic N) is 4. The fourth-order valence-electron chi connectivity index (χ4n) is 4.41. The molecule has 0 aliphatic heterocycles. The summed E-state index contributed by atoms with van der Waals surface area (Å²) in [6, 6.07) is 12.4. The number of hydrogen-bond donors (Lipinski definition) is 1. The summed E-state index contributed by atoms with van der Waals surface area (Å²) >= 11 is 6.34. The molecule has 2 aromatic heterocycles. The third-order valence-electron chi connectivity index (χ3n) is 6.22. The molecular formula is C29H33ClN4O5. The lowest BCUT2D eigenvalue weighted by atomic mass is 10.1. The van der Waals surface area contributed by atoms with Crippen molar-refractivity contribution in [1.29, 1.82) is 0 Å². The molecule has 39 heavy (non-hydrogen) atoms. The molecule has 0 saturated heterocycles. The van der Waals surface area contributed by atoms with Crippen LogP contribution in [0, 0.1) is 0 Å². The second-order valence-electron chi connectivity index (χ2n) is 10.2. The SMILES string of the molecule is CCCCc1nc(Cl)c(CO)n1Cc1ccc2nc(-c3ccccc3C(=O)OC)n(C(=O)OC(C)(C)C)c2c1. The highest BCUT2D eigenvalue weighted by atomic mass is 35.5. The number of carbonyl (C=O) groups is 2. The van der Waals surface area contributed by atoms with Gasteiger partial charge in [0, 0.05) is 18.5 Å². The zero-order chi connectivity index (χ0) is 28.3. The number of rotatable bonds is 8. The molecule has 0 spiro atoms. The molecule has 10 heteroatoms. The van der Waals surface area contributed by atoms with Gasteiger partial charge in [0.15, 0.2) is 11.0 Å². The van der Waals surface area contributed by atoms with E-state index in [4.69, 9.17) is 26.1 Å². The predicted octanol–water partition coefficient (Wildman–Crippen LogP) is 6.01. The number of aliphatic hydroxyl groups excluding tert-OH is 1. The van der Waals surface area contributed by atoms with E-state index in [-0.39, 0.29) is 23.1 Å². The molecule has 9 nitrogen and oxygen atoms in total. The summed E-state index contributed by atoms with van der Waals surface area (Å²) in [7, 11) is 1.31. The van der Waals surface area contributed by atoms with Crippen LogP contribution in [0.2, 0.25) is 5.15 Å². The minimum absolute atomic E-state index is 0.246. The van der Waals surface area contributed by atoms with E-state index in [1.54, 1.807) is 45.0 Å². The van der Waals surface area contributed by atoms with Gasteiger partial charge in [-0.15, -0.1) is 0 Å². The average Bonchev–Trinajstić information content (AvgIpc) is 3.42. The fourth-order valence-corrected chi connectivity index (χ4v) is 4.67. The molecule has 0 bridgehead atoms. The largest absolute Gasteiger partial charge is 0.465 e. The molecule has 0 fully saturated rings. The molecule has 0 radical (unpaired) electrons. The Labute approximate surface area is 232 Å². The first-order valence-corrected chi connectivity index (χ1v) is 13.2. The number of halogens is 1. The molecule has 2 aromatic carbocycles. The summed E-state index contributed by atoms with van der Waals surface area (Å²) in [6.45, 7) is 7.60. The van der Waals surface area contributed by atoms with Gasteiger partial charge in [0.25, 0.3) is 0 Å². The van der Waals surface area contributed by atoms with Crippen LogP contribution in [-0.4, -0.2) is 49.0 Å². The molecule has 0 amide bonds. The third kappa shape index (κ3) is 5.99. The van der Waals surface area contributed by atoms with E-state index in [0.717, 1.165) is 30.7 Å². The number of fused-ring (bicyclic) bond motifs is 1. The van der Waals surface area contributed by atoms with Crippen molar-refractivity contribution in [1.82, 2.24) is 19.1 Å². The van der Waals surface area contributed by atoms with Gasteiger partial charge in [-0.2, -0.15) is 0 Å². The van der Waals surface area contributed by atoms with Crippen LogP contribution in [0.3, 0.4) is 0 Å². The summed E-state index contributed by atoms with van der Waals surface area (Å²) in [4.78, 5) is 35.3. The number of aromatic nitrogens is 4. The third-order valence-corrected chi connectivity index (χ3v) is 6.52. The Kier molecular flexibility index (Phi) is 8.42. The Morgan fingerprint density at radius 1 is 1.10 bits per heavy atom. The molecule has 1 N–H and O–H groups in total. The number of hydrogen-bond acceptors (Lipinski definition) is 7. The Morgan fingerprint density at radius 3 is 2.51 bits per heavy atom. The molecule has 4 aromatic rings. The molecule has 2 heterocycles. The first kappa shape index (κ1) is 28.3. The van der Waals surface area contributed by atoms with Gasteiger partial charge >= 0.3 is 12.1 Å². The average molecular weight is 553 g/mol. The van der Waals surface area contributed by atoms with Gasteiger partial charge in [-0.25, -0.2) is 24.1 Å². The maximum atomic E-state index is 13.5. The number of benzene rings is 2. The molecule has 0 saturated carbocycles. The Balaban J connectivity index is 1.89. The van der Waals surface area contributed by atoms with Gasteiger partial charge in [0.05, 0.1) is 36.0 Å². The standard InChI is InChI=1S/C29H33ClN4O5/c1-6-7-12-24-32-25(30)23(17-35)33(24)16-18-13-14-21-22(15-18)34(28(37)39-29(2,3)4)26(31-21)19-10-8-9-11-20(19)27(36)38-5/h8-11,13-15,35H,6-7,12,16-17H2,1-5H3. The van der Waals surface area contributed by atoms with Crippen molar-refractivity contribution >= 4 is 34.7 Å². The smallest absolute Gasteiger partial charge is 0.420 e. The van der Waals surface area contributed by atoms with E-state index in [9.17, 15) is 14.7 Å². The van der Waals surface area contributed by atoms with E-state index >= 15 is 0 Å².